The Hall–Kier alpha value is -1.52. The van der Waals surface area contributed by atoms with E-state index in [9.17, 15) is 4.79 Å². The van der Waals surface area contributed by atoms with Gasteiger partial charge in [-0.05, 0) is 47.4 Å². The topological polar surface area (TPSA) is 46.3 Å². The molecule has 0 aliphatic heterocycles. The molecule has 3 nitrogen and oxygen atoms in total. The third-order valence-electron chi connectivity index (χ3n) is 3.44. The van der Waals surface area contributed by atoms with Crippen LogP contribution in [-0.2, 0) is 6.54 Å². The van der Waals surface area contributed by atoms with Gasteiger partial charge < -0.3 is 10.6 Å². The van der Waals surface area contributed by atoms with Gasteiger partial charge in [0.25, 0.3) is 5.91 Å². The van der Waals surface area contributed by atoms with Crippen LogP contribution in [-0.4, -0.2) is 16.8 Å². The lowest BCUT2D eigenvalue weighted by atomic mass is 10.1. The average molecular weight is 307 g/mol. The lowest BCUT2D eigenvalue weighted by molar-refractivity contribution is 0.0731. The van der Waals surface area contributed by atoms with E-state index < -0.39 is 0 Å². The molecule has 104 valence electrons. The standard InChI is InChI=1S/C15H15ClN2OS/c16-12-2-1-3-13(17)14(12)15(19)18(11-4-5-11)8-10-6-7-20-9-10/h1-3,6-7,9,11H,4-5,8,17H2. The first-order valence-corrected chi connectivity index (χ1v) is 7.85. The minimum Gasteiger partial charge on any atom is -0.398 e. The van der Waals surface area contributed by atoms with Crippen molar-refractivity contribution >= 4 is 34.5 Å². The number of hydrogen-bond acceptors (Lipinski definition) is 3. The van der Waals surface area contributed by atoms with Crippen LogP contribution in [0.25, 0.3) is 0 Å². The molecule has 3 rings (SSSR count). The van der Waals surface area contributed by atoms with Gasteiger partial charge in [0, 0.05) is 18.3 Å². The van der Waals surface area contributed by atoms with E-state index in [4.69, 9.17) is 17.3 Å². The molecule has 1 saturated carbocycles. The van der Waals surface area contributed by atoms with Gasteiger partial charge in [0.15, 0.2) is 0 Å². The minimum atomic E-state index is -0.0678. The van der Waals surface area contributed by atoms with Crippen LogP contribution in [0, 0.1) is 0 Å². The molecular formula is C15H15ClN2OS. The highest BCUT2D eigenvalue weighted by molar-refractivity contribution is 7.07. The van der Waals surface area contributed by atoms with E-state index in [-0.39, 0.29) is 5.91 Å². The van der Waals surface area contributed by atoms with Crippen LogP contribution in [0.15, 0.2) is 35.0 Å². The molecule has 1 aliphatic rings. The molecule has 5 heteroatoms. The number of nitrogen functional groups attached to an aromatic ring is 1. The predicted octanol–water partition coefficient (Wildman–Crippen LogP) is 3.79. The van der Waals surface area contributed by atoms with Crippen molar-refractivity contribution in [1.82, 2.24) is 4.90 Å². The third-order valence-corrected chi connectivity index (χ3v) is 4.49. The zero-order valence-corrected chi connectivity index (χ0v) is 12.5. The first kappa shape index (κ1) is 13.5. The van der Waals surface area contributed by atoms with Gasteiger partial charge in [-0.15, -0.1) is 0 Å². The maximum atomic E-state index is 12.8. The number of nitrogens with two attached hydrogens (primary N) is 1. The van der Waals surface area contributed by atoms with Crippen molar-refractivity contribution in [3.63, 3.8) is 0 Å². The molecule has 0 radical (unpaired) electrons. The monoisotopic (exact) mass is 306 g/mol. The molecule has 0 spiro atoms. The number of rotatable bonds is 4. The molecule has 0 atom stereocenters. The van der Waals surface area contributed by atoms with E-state index in [0.717, 1.165) is 18.4 Å². The summed E-state index contributed by atoms with van der Waals surface area (Å²) in [5.74, 6) is -0.0678. The molecule has 1 aromatic heterocycles. The average Bonchev–Trinajstić information content (AvgIpc) is 3.12. The lowest BCUT2D eigenvalue weighted by Gasteiger charge is -2.23. The zero-order chi connectivity index (χ0) is 14.1. The number of anilines is 1. The molecular weight excluding hydrogens is 292 g/mol. The van der Waals surface area contributed by atoms with Gasteiger partial charge >= 0.3 is 0 Å². The number of halogens is 1. The second kappa shape index (κ2) is 5.46. The molecule has 1 aliphatic carbocycles. The predicted molar refractivity (Wildman–Crippen MR) is 83.1 cm³/mol. The molecule has 2 N–H and O–H groups in total. The Labute approximate surface area is 127 Å². The van der Waals surface area contributed by atoms with E-state index in [0.29, 0.717) is 28.9 Å². The number of hydrogen-bond donors (Lipinski definition) is 1. The van der Waals surface area contributed by atoms with Gasteiger partial charge in [-0.3, -0.25) is 4.79 Å². The van der Waals surface area contributed by atoms with Crippen molar-refractivity contribution in [3.8, 4) is 0 Å². The molecule has 1 fully saturated rings. The van der Waals surface area contributed by atoms with E-state index >= 15 is 0 Å². The third kappa shape index (κ3) is 2.67. The minimum absolute atomic E-state index is 0.0678. The Bertz CT molecular complexity index is 603. The fraction of sp³-hybridized carbons (Fsp3) is 0.267. The largest absolute Gasteiger partial charge is 0.398 e. The maximum absolute atomic E-state index is 12.8. The van der Waals surface area contributed by atoms with Crippen molar-refractivity contribution in [3.05, 3.63) is 51.2 Å². The number of carbonyl (C=O) groups is 1. The quantitative estimate of drug-likeness (QED) is 0.874. The number of thiophene rings is 1. The molecule has 0 unspecified atom stereocenters. The van der Waals surface area contributed by atoms with Gasteiger partial charge in [-0.1, -0.05) is 17.7 Å². The van der Waals surface area contributed by atoms with Gasteiger partial charge in [0.2, 0.25) is 0 Å². The van der Waals surface area contributed by atoms with Crippen LogP contribution < -0.4 is 5.73 Å². The van der Waals surface area contributed by atoms with E-state index in [2.05, 4.69) is 5.38 Å². The summed E-state index contributed by atoms with van der Waals surface area (Å²) in [4.78, 5) is 14.6. The second-order valence-electron chi connectivity index (χ2n) is 5.00. The lowest BCUT2D eigenvalue weighted by Crippen LogP contribution is -2.33. The van der Waals surface area contributed by atoms with Gasteiger partial charge in [0.05, 0.1) is 10.6 Å². The Balaban J connectivity index is 1.89. The molecule has 20 heavy (non-hydrogen) atoms. The summed E-state index contributed by atoms with van der Waals surface area (Å²) < 4.78 is 0. The normalized spacial score (nSPS) is 14.2. The second-order valence-corrected chi connectivity index (χ2v) is 6.19. The van der Waals surface area contributed by atoms with E-state index in [1.54, 1.807) is 29.5 Å². The molecule has 1 amide bonds. The van der Waals surface area contributed by atoms with Crippen molar-refractivity contribution in [1.29, 1.82) is 0 Å². The Morgan fingerprint density at radius 2 is 2.20 bits per heavy atom. The summed E-state index contributed by atoms with van der Waals surface area (Å²) in [5, 5.41) is 4.51. The van der Waals surface area contributed by atoms with Crippen molar-refractivity contribution in [2.24, 2.45) is 0 Å². The van der Waals surface area contributed by atoms with E-state index in [1.807, 2.05) is 16.3 Å². The van der Waals surface area contributed by atoms with Crippen LogP contribution in [0.4, 0.5) is 5.69 Å². The SMILES string of the molecule is Nc1cccc(Cl)c1C(=O)N(Cc1ccsc1)C1CC1. The van der Waals surface area contributed by atoms with Crippen LogP contribution >= 0.6 is 22.9 Å². The smallest absolute Gasteiger partial charge is 0.258 e. The van der Waals surface area contributed by atoms with Crippen LogP contribution in [0.2, 0.25) is 5.02 Å². The molecule has 2 aromatic rings. The van der Waals surface area contributed by atoms with Gasteiger partial charge in [0.1, 0.15) is 0 Å². The van der Waals surface area contributed by atoms with Gasteiger partial charge in [-0.2, -0.15) is 11.3 Å². The Morgan fingerprint density at radius 3 is 2.80 bits per heavy atom. The zero-order valence-electron chi connectivity index (χ0n) is 10.9. The highest BCUT2D eigenvalue weighted by Crippen LogP contribution is 2.33. The summed E-state index contributed by atoms with van der Waals surface area (Å²) >= 11 is 7.79. The van der Waals surface area contributed by atoms with Gasteiger partial charge in [-0.25, -0.2) is 0 Å². The molecule has 0 saturated heterocycles. The number of benzene rings is 1. The molecule has 0 bridgehead atoms. The van der Waals surface area contributed by atoms with Crippen LogP contribution in [0.1, 0.15) is 28.8 Å². The summed E-state index contributed by atoms with van der Waals surface area (Å²) in [6.07, 6.45) is 2.11. The first-order valence-electron chi connectivity index (χ1n) is 6.53. The summed E-state index contributed by atoms with van der Waals surface area (Å²) in [6, 6.07) is 7.55. The number of amides is 1. The highest BCUT2D eigenvalue weighted by Gasteiger charge is 2.34. The maximum Gasteiger partial charge on any atom is 0.258 e. The fourth-order valence-corrected chi connectivity index (χ4v) is 3.16. The molecule has 1 aromatic carbocycles. The van der Waals surface area contributed by atoms with Crippen LogP contribution in [0.3, 0.4) is 0 Å². The summed E-state index contributed by atoms with van der Waals surface area (Å²) in [6.45, 7) is 0.623. The van der Waals surface area contributed by atoms with E-state index in [1.165, 1.54) is 0 Å². The van der Waals surface area contributed by atoms with Crippen molar-refractivity contribution in [2.45, 2.75) is 25.4 Å². The fourth-order valence-electron chi connectivity index (χ4n) is 2.24. The summed E-state index contributed by atoms with van der Waals surface area (Å²) in [5.41, 5.74) is 7.95. The Morgan fingerprint density at radius 1 is 1.40 bits per heavy atom. The van der Waals surface area contributed by atoms with Crippen molar-refractivity contribution < 1.29 is 4.79 Å². The number of nitrogens with zero attached hydrogens (tertiary/aromatic N) is 1. The highest BCUT2D eigenvalue weighted by atomic mass is 35.5. The van der Waals surface area contributed by atoms with Crippen LogP contribution in [0.5, 0.6) is 0 Å². The first-order chi connectivity index (χ1) is 9.66. The molecule has 1 heterocycles. The summed E-state index contributed by atoms with van der Waals surface area (Å²) in [7, 11) is 0. The number of carbonyl (C=O) groups excluding carboxylic acids is 1. The Kier molecular flexibility index (Phi) is 3.68. The van der Waals surface area contributed by atoms with Crippen molar-refractivity contribution in [2.75, 3.05) is 5.73 Å².